The van der Waals surface area contributed by atoms with Crippen LogP contribution in [0, 0.1) is 19.8 Å². The molecule has 6 heteroatoms. The average Bonchev–Trinajstić information content (AvgIpc) is 3.05. The van der Waals surface area contributed by atoms with Gasteiger partial charge in [0.25, 0.3) is 5.91 Å². The number of amides is 3. The minimum Gasteiger partial charge on any atom is -0.326 e. The van der Waals surface area contributed by atoms with Crippen LogP contribution in [0.2, 0.25) is 0 Å². The molecular weight excluding hydrogens is 342 g/mol. The van der Waals surface area contributed by atoms with Gasteiger partial charge >= 0.3 is 6.03 Å². The zero-order valence-electron chi connectivity index (χ0n) is 16.2. The SMILES string of the molecule is Cc1cc(C(=O)CN2C(=O)N[C@@H](CC(C)C)C2=O)c(C)n1-c1ccccc1. The molecule has 0 unspecified atom stereocenters. The lowest BCUT2D eigenvalue weighted by molar-refractivity contribution is -0.127. The molecule has 3 rings (SSSR count). The zero-order chi connectivity index (χ0) is 19.7. The first-order chi connectivity index (χ1) is 12.8. The number of carbonyl (C=O) groups is 3. The molecule has 1 N–H and O–H groups in total. The number of aromatic nitrogens is 1. The van der Waals surface area contributed by atoms with Gasteiger partial charge in [-0.25, -0.2) is 4.79 Å². The quantitative estimate of drug-likeness (QED) is 0.629. The van der Waals surface area contributed by atoms with Gasteiger partial charge in [0.2, 0.25) is 0 Å². The molecule has 0 spiro atoms. The van der Waals surface area contributed by atoms with Gasteiger partial charge in [-0.1, -0.05) is 32.0 Å². The van der Waals surface area contributed by atoms with Gasteiger partial charge < -0.3 is 9.88 Å². The summed E-state index contributed by atoms with van der Waals surface area (Å²) in [5.74, 6) is -0.280. The number of Topliss-reactive ketones (excluding diaryl/α,β-unsaturated/α-hetero) is 1. The summed E-state index contributed by atoms with van der Waals surface area (Å²) >= 11 is 0. The van der Waals surface area contributed by atoms with E-state index in [-0.39, 0.29) is 24.2 Å². The van der Waals surface area contributed by atoms with Crippen molar-refractivity contribution in [2.24, 2.45) is 5.92 Å². The highest BCUT2D eigenvalue weighted by atomic mass is 16.2. The van der Waals surface area contributed by atoms with Gasteiger partial charge in [0.15, 0.2) is 5.78 Å². The Kier molecular flexibility index (Phi) is 5.17. The van der Waals surface area contributed by atoms with Crippen LogP contribution >= 0.6 is 0 Å². The highest BCUT2D eigenvalue weighted by molar-refractivity contribution is 6.09. The van der Waals surface area contributed by atoms with E-state index in [0.29, 0.717) is 12.0 Å². The van der Waals surface area contributed by atoms with Crippen LogP contribution in [-0.4, -0.2) is 39.8 Å². The molecule has 1 aliphatic rings. The molecular formula is C21H25N3O3. The van der Waals surface area contributed by atoms with Gasteiger partial charge in [-0.15, -0.1) is 0 Å². The van der Waals surface area contributed by atoms with Gasteiger partial charge in [0.1, 0.15) is 6.04 Å². The van der Waals surface area contributed by atoms with Gasteiger partial charge in [-0.05, 0) is 44.4 Å². The van der Waals surface area contributed by atoms with Crippen LogP contribution in [0.1, 0.15) is 42.0 Å². The van der Waals surface area contributed by atoms with E-state index in [9.17, 15) is 14.4 Å². The molecule has 6 nitrogen and oxygen atoms in total. The van der Waals surface area contributed by atoms with Gasteiger partial charge in [0.05, 0.1) is 6.54 Å². The lowest BCUT2D eigenvalue weighted by atomic mass is 10.0. The molecule has 1 aromatic heterocycles. The fourth-order valence-electron chi connectivity index (χ4n) is 3.61. The van der Waals surface area contributed by atoms with E-state index < -0.39 is 12.1 Å². The van der Waals surface area contributed by atoms with Crippen molar-refractivity contribution in [1.82, 2.24) is 14.8 Å². The monoisotopic (exact) mass is 367 g/mol. The van der Waals surface area contributed by atoms with E-state index in [1.165, 1.54) is 0 Å². The number of hydrogen-bond donors (Lipinski definition) is 1. The Morgan fingerprint density at radius 2 is 1.81 bits per heavy atom. The molecule has 142 valence electrons. The van der Waals surface area contributed by atoms with E-state index in [0.717, 1.165) is 22.0 Å². The Hall–Kier alpha value is -2.89. The fraction of sp³-hybridized carbons (Fsp3) is 0.381. The second-order valence-corrected chi connectivity index (χ2v) is 7.43. The van der Waals surface area contributed by atoms with E-state index in [1.54, 1.807) is 0 Å². The highest BCUT2D eigenvalue weighted by Gasteiger charge is 2.39. The van der Waals surface area contributed by atoms with Crippen LogP contribution < -0.4 is 5.32 Å². The lowest BCUT2D eigenvalue weighted by Crippen LogP contribution is -2.36. The third-order valence-electron chi connectivity index (χ3n) is 4.86. The lowest BCUT2D eigenvalue weighted by Gasteiger charge is -2.13. The molecule has 2 heterocycles. The van der Waals surface area contributed by atoms with E-state index in [1.807, 2.05) is 68.7 Å². The third-order valence-corrected chi connectivity index (χ3v) is 4.86. The Morgan fingerprint density at radius 1 is 1.15 bits per heavy atom. The maximum atomic E-state index is 12.9. The van der Waals surface area contributed by atoms with Crippen LogP contribution in [0.3, 0.4) is 0 Å². The maximum absolute atomic E-state index is 12.9. The minimum absolute atomic E-state index is 0.237. The second-order valence-electron chi connectivity index (χ2n) is 7.43. The Labute approximate surface area is 159 Å². The van der Waals surface area contributed by atoms with Crippen molar-refractivity contribution in [3.05, 3.63) is 53.3 Å². The second kappa shape index (κ2) is 7.39. The van der Waals surface area contributed by atoms with Crippen molar-refractivity contribution in [2.45, 2.75) is 40.2 Å². The first kappa shape index (κ1) is 18.9. The zero-order valence-corrected chi connectivity index (χ0v) is 16.2. The Morgan fingerprint density at radius 3 is 2.44 bits per heavy atom. The van der Waals surface area contributed by atoms with Gasteiger partial charge in [-0.2, -0.15) is 0 Å². The fourth-order valence-corrected chi connectivity index (χ4v) is 3.61. The number of hydrogen-bond acceptors (Lipinski definition) is 3. The van der Waals surface area contributed by atoms with Crippen molar-refractivity contribution in [1.29, 1.82) is 0 Å². The summed E-state index contributed by atoms with van der Waals surface area (Å²) in [5.41, 5.74) is 3.23. The number of aryl methyl sites for hydroxylation is 1. The largest absolute Gasteiger partial charge is 0.326 e. The van der Waals surface area contributed by atoms with Gasteiger partial charge in [-0.3, -0.25) is 14.5 Å². The smallest absolute Gasteiger partial charge is 0.325 e. The number of benzene rings is 1. The molecule has 1 atom stereocenters. The molecule has 1 aliphatic heterocycles. The molecule has 1 fully saturated rings. The minimum atomic E-state index is -0.540. The predicted molar refractivity (Wildman–Crippen MR) is 103 cm³/mol. The first-order valence-electron chi connectivity index (χ1n) is 9.19. The number of para-hydroxylation sites is 1. The Balaban J connectivity index is 1.81. The standard InChI is InChI=1S/C21H25N3O3/c1-13(2)10-18-20(26)23(21(27)22-18)12-19(25)17-11-14(3)24(15(17)4)16-8-6-5-7-9-16/h5-9,11,13,18H,10,12H2,1-4H3,(H,22,27)/t18-/m0/s1. The van der Waals surface area contributed by atoms with Crippen LogP contribution in [0.15, 0.2) is 36.4 Å². The van der Waals surface area contributed by atoms with Crippen molar-refractivity contribution in [3.63, 3.8) is 0 Å². The maximum Gasteiger partial charge on any atom is 0.325 e. The summed E-state index contributed by atoms with van der Waals surface area (Å²) in [7, 11) is 0. The summed E-state index contributed by atoms with van der Waals surface area (Å²) < 4.78 is 2.00. The summed E-state index contributed by atoms with van der Waals surface area (Å²) in [5, 5.41) is 2.68. The molecule has 3 amide bonds. The highest BCUT2D eigenvalue weighted by Crippen LogP contribution is 2.22. The number of imide groups is 1. The molecule has 0 bridgehead atoms. The first-order valence-corrected chi connectivity index (χ1v) is 9.19. The molecule has 0 aliphatic carbocycles. The number of ketones is 1. The van der Waals surface area contributed by atoms with Crippen LogP contribution in [0.25, 0.3) is 5.69 Å². The Bertz CT molecular complexity index is 884. The molecule has 1 aromatic carbocycles. The summed E-state index contributed by atoms with van der Waals surface area (Å²) in [6.45, 7) is 7.56. The van der Waals surface area contributed by atoms with Crippen molar-refractivity contribution < 1.29 is 14.4 Å². The predicted octanol–water partition coefficient (Wildman–Crippen LogP) is 3.24. The van der Waals surface area contributed by atoms with Crippen molar-refractivity contribution in [3.8, 4) is 5.69 Å². The average molecular weight is 367 g/mol. The van der Waals surface area contributed by atoms with E-state index in [4.69, 9.17) is 0 Å². The molecule has 0 saturated carbocycles. The summed E-state index contributed by atoms with van der Waals surface area (Å²) in [6, 6.07) is 10.6. The van der Waals surface area contributed by atoms with Crippen LogP contribution in [-0.2, 0) is 4.79 Å². The topological polar surface area (TPSA) is 71.4 Å². The van der Waals surface area contributed by atoms with Gasteiger partial charge in [0, 0.05) is 22.6 Å². The molecule has 2 aromatic rings. The summed E-state index contributed by atoms with van der Waals surface area (Å²) in [6.07, 6.45) is 0.567. The number of nitrogens with zero attached hydrogens (tertiary/aromatic N) is 2. The van der Waals surface area contributed by atoms with Crippen LogP contribution in [0.5, 0.6) is 0 Å². The van der Waals surface area contributed by atoms with Crippen LogP contribution in [0.4, 0.5) is 4.79 Å². The summed E-state index contributed by atoms with van der Waals surface area (Å²) in [4.78, 5) is 38.5. The van der Waals surface area contributed by atoms with Crippen molar-refractivity contribution >= 4 is 17.7 Å². The normalized spacial score (nSPS) is 16.9. The number of carbonyl (C=O) groups excluding carboxylic acids is 3. The van der Waals surface area contributed by atoms with E-state index >= 15 is 0 Å². The van der Waals surface area contributed by atoms with Crippen molar-refractivity contribution in [2.75, 3.05) is 6.54 Å². The van der Waals surface area contributed by atoms with E-state index in [2.05, 4.69) is 5.32 Å². The molecule has 1 saturated heterocycles. The molecule has 0 radical (unpaired) electrons. The molecule has 27 heavy (non-hydrogen) atoms. The number of rotatable bonds is 6. The number of nitrogens with one attached hydrogen (secondary N) is 1. The number of urea groups is 1. The third kappa shape index (κ3) is 3.65.